The maximum Gasteiger partial charge on any atom is 0.321 e. The van der Waals surface area contributed by atoms with Crippen LogP contribution in [0.4, 0.5) is 0 Å². The molecule has 7 nitrogen and oxygen atoms in total. The molecule has 0 N–H and O–H groups in total. The highest BCUT2D eigenvalue weighted by atomic mass is 32.2. The van der Waals surface area contributed by atoms with Crippen LogP contribution in [0.2, 0.25) is 0 Å². The highest BCUT2D eigenvalue weighted by Gasteiger charge is 2.27. The van der Waals surface area contributed by atoms with E-state index in [0.29, 0.717) is 5.92 Å². The van der Waals surface area contributed by atoms with Crippen molar-refractivity contribution in [2.75, 3.05) is 27.2 Å². The molecule has 28 heavy (non-hydrogen) atoms. The van der Waals surface area contributed by atoms with Gasteiger partial charge in [0.15, 0.2) is 6.61 Å². The Hall–Kier alpha value is -1.93. The topological polar surface area (TPSA) is 84.0 Å². The van der Waals surface area contributed by atoms with Crippen molar-refractivity contribution >= 4 is 21.9 Å². The number of amides is 1. The van der Waals surface area contributed by atoms with E-state index in [9.17, 15) is 18.0 Å². The lowest BCUT2D eigenvalue weighted by Crippen LogP contribution is -2.42. The van der Waals surface area contributed by atoms with Crippen molar-refractivity contribution in [2.24, 2.45) is 5.92 Å². The quantitative estimate of drug-likeness (QED) is 0.644. The molecule has 0 unspecified atom stereocenters. The molecule has 0 spiro atoms. The van der Waals surface area contributed by atoms with Crippen LogP contribution >= 0.6 is 0 Å². The van der Waals surface area contributed by atoms with Crippen molar-refractivity contribution in [1.29, 1.82) is 0 Å². The number of hydrogen-bond donors (Lipinski definition) is 0. The first-order valence-corrected chi connectivity index (χ1v) is 11.0. The summed E-state index contributed by atoms with van der Waals surface area (Å²) in [5.41, 5.74) is 0.941. The van der Waals surface area contributed by atoms with Gasteiger partial charge in [0, 0.05) is 20.1 Å². The molecule has 1 aliphatic carbocycles. The minimum atomic E-state index is -3.79. The first kappa shape index (κ1) is 22.4. The predicted octanol–water partition coefficient (Wildman–Crippen LogP) is 2.20. The standard InChI is InChI=1S/C20H30N2O5S/c1-15-5-9-17(10-6-15)22(4)19(23)14-27-20(24)13-21(3)28(25,26)18-11-7-16(2)8-12-18/h7-8,11-12,15,17H,5-6,9-10,13-14H2,1-4H3. The van der Waals surface area contributed by atoms with Crippen LogP contribution in [0.25, 0.3) is 0 Å². The fourth-order valence-electron chi connectivity index (χ4n) is 3.28. The summed E-state index contributed by atoms with van der Waals surface area (Å²) in [6.07, 6.45) is 4.08. The molecule has 2 rings (SSSR count). The normalized spacial score (nSPS) is 20.0. The van der Waals surface area contributed by atoms with Crippen molar-refractivity contribution in [3.63, 3.8) is 0 Å². The van der Waals surface area contributed by atoms with Crippen molar-refractivity contribution in [3.05, 3.63) is 29.8 Å². The average molecular weight is 411 g/mol. The third kappa shape index (κ3) is 5.78. The summed E-state index contributed by atoms with van der Waals surface area (Å²) in [5, 5.41) is 0. The van der Waals surface area contributed by atoms with Crippen molar-refractivity contribution in [1.82, 2.24) is 9.21 Å². The van der Waals surface area contributed by atoms with Crippen LogP contribution in [-0.2, 0) is 24.3 Å². The number of ether oxygens (including phenoxy) is 1. The fraction of sp³-hybridized carbons (Fsp3) is 0.600. The van der Waals surface area contributed by atoms with Crippen molar-refractivity contribution in [2.45, 2.75) is 50.5 Å². The number of aryl methyl sites for hydroxylation is 1. The van der Waals surface area contributed by atoms with Gasteiger partial charge < -0.3 is 9.64 Å². The molecule has 1 aliphatic rings. The number of carbonyl (C=O) groups excluding carboxylic acids is 2. The number of rotatable bonds is 7. The van der Waals surface area contributed by atoms with Crippen LogP contribution in [0.3, 0.4) is 0 Å². The molecule has 1 fully saturated rings. The number of carbonyl (C=O) groups is 2. The fourth-order valence-corrected chi connectivity index (χ4v) is 4.40. The van der Waals surface area contributed by atoms with Crippen molar-refractivity contribution in [3.8, 4) is 0 Å². The van der Waals surface area contributed by atoms with Gasteiger partial charge in [-0.15, -0.1) is 0 Å². The van der Waals surface area contributed by atoms with Crippen LogP contribution in [0.1, 0.15) is 38.2 Å². The van der Waals surface area contributed by atoms with Gasteiger partial charge in [0.25, 0.3) is 5.91 Å². The Balaban J connectivity index is 1.84. The lowest BCUT2D eigenvalue weighted by atomic mass is 9.87. The number of sulfonamides is 1. The number of benzene rings is 1. The molecule has 0 aromatic heterocycles. The minimum Gasteiger partial charge on any atom is -0.455 e. The summed E-state index contributed by atoms with van der Waals surface area (Å²) in [4.78, 5) is 26.1. The third-order valence-corrected chi connectivity index (χ3v) is 7.18. The molecule has 0 aliphatic heterocycles. The molecule has 0 bridgehead atoms. The Morgan fingerprint density at radius 2 is 1.64 bits per heavy atom. The van der Waals surface area contributed by atoms with E-state index in [0.717, 1.165) is 35.6 Å². The molecule has 1 saturated carbocycles. The summed E-state index contributed by atoms with van der Waals surface area (Å²) in [6.45, 7) is 3.24. The number of nitrogens with zero attached hydrogens (tertiary/aromatic N) is 2. The predicted molar refractivity (Wildman–Crippen MR) is 106 cm³/mol. The van der Waals surface area contributed by atoms with Gasteiger partial charge in [-0.1, -0.05) is 24.6 Å². The molecule has 0 heterocycles. The first-order valence-electron chi connectivity index (χ1n) is 9.55. The number of hydrogen-bond acceptors (Lipinski definition) is 5. The molecule has 1 aromatic rings. The van der Waals surface area contributed by atoms with E-state index in [2.05, 4.69) is 6.92 Å². The zero-order chi connectivity index (χ0) is 20.9. The van der Waals surface area contributed by atoms with Crippen LogP contribution in [0.5, 0.6) is 0 Å². The van der Waals surface area contributed by atoms with E-state index in [-0.39, 0.29) is 23.5 Å². The Morgan fingerprint density at radius 3 is 2.21 bits per heavy atom. The maximum atomic E-state index is 12.5. The highest BCUT2D eigenvalue weighted by molar-refractivity contribution is 7.89. The summed E-state index contributed by atoms with van der Waals surface area (Å²) >= 11 is 0. The van der Waals surface area contributed by atoms with Gasteiger partial charge in [-0.05, 0) is 50.7 Å². The van der Waals surface area contributed by atoms with E-state index >= 15 is 0 Å². The molecule has 0 radical (unpaired) electrons. The lowest BCUT2D eigenvalue weighted by Gasteiger charge is -2.33. The number of likely N-dealkylation sites (N-methyl/N-ethyl adjacent to an activating group) is 2. The second-order valence-electron chi connectivity index (χ2n) is 7.65. The lowest BCUT2D eigenvalue weighted by molar-refractivity contribution is -0.152. The van der Waals surface area contributed by atoms with E-state index in [1.54, 1.807) is 24.1 Å². The molecule has 156 valence electrons. The first-order chi connectivity index (χ1) is 13.1. The molecule has 0 atom stereocenters. The largest absolute Gasteiger partial charge is 0.455 e. The van der Waals surface area contributed by atoms with Gasteiger partial charge in [0.1, 0.15) is 6.54 Å². The van der Waals surface area contributed by atoms with Crippen LogP contribution in [0.15, 0.2) is 29.2 Å². The van der Waals surface area contributed by atoms with E-state index in [1.165, 1.54) is 19.2 Å². The van der Waals surface area contributed by atoms with Crippen LogP contribution in [-0.4, -0.2) is 62.8 Å². The monoisotopic (exact) mass is 410 g/mol. The summed E-state index contributed by atoms with van der Waals surface area (Å²) in [5.74, 6) is -0.335. The maximum absolute atomic E-state index is 12.5. The highest BCUT2D eigenvalue weighted by Crippen LogP contribution is 2.26. The van der Waals surface area contributed by atoms with Gasteiger partial charge in [0.05, 0.1) is 4.90 Å². The minimum absolute atomic E-state index is 0.107. The van der Waals surface area contributed by atoms with Gasteiger partial charge in [-0.2, -0.15) is 4.31 Å². The zero-order valence-corrected chi connectivity index (χ0v) is 17.9. The number of esters is 1. The summed E-state index contributed by atoms with van der Waals surface area (Å²) < 4.78 is 31.0. The van der Waals surface area contributed by atoms with Crippen LogP contribution < -0.4 is 0 Å². The average Bonchev–Trinajstić information content (AvgIpc) is 2.66. The Bertz CT molecular complexity index is 783. The van der Waals surface area contributed by atoms with Crippen LogP contribution in [0, 0.1) is 12.8 Å². The van der Waals surface area contributed by atoms with Crippen molar-refractivity contribution < 1.29 is 22.7 Å². The molecular weight excluding hydrogens is 380 g/mol. The van der Waals surface area contributed by atoms with E-state index in [1.807, 2.05) is 6.92 Å². The van der Waals surface area contributed by atoms with Gasteiger partial charge in [0.2, 0.25) is 10.0 Å². The summed E-state index contributed by atoms with van der Waals surface area (Å²) in [7, 11) is -0.751. The second kappa shape index (κ2) is 9.52. The molecule has 1 amide bonds. The zero-order valence-electron chi connectivity index (χ0n) is 17.1. The molecular formula is C20H30N2O5S. The van der Waals surface area contributed by atoms with Gasteiger partial charge >= 0.3 is 5.97 Å². The second-order valence-corrected chi connectivity index (χ2v) is 9.70. The molecule has 8 heteroatoms. The Labute approximate surface area is 167 Å². The molecule has 0 saturated heterocycles. The van der Waals surface area contributed by atoms with Gasteiger partial charge in [-0.25, -0.2) is 8.42 Å². The smallest absolute Gasteiger partial charge is 0.321 e. The molecule has 1 aromatic carbocycles. The van der Waals surface area contributed by atoms with E-state index < -0.39 is 22.5 Å². The van der Waals surface area contributed by atoms with Gasteiger partial charge in [-0.3, -0.25) is 9.59 Å². The third-order valence-electron chi connectivity index (χ3n) is 5.36. The summed E-state index contributed by atoms with van der Waals surface area (Å²) in [6, 6.07) is 6.55. The van der Waals surface area contributed by atoms with E-state index in [4.69, 9.17) is 4.74 Å². The Morgan fingerprint density at radius 1 is 1.07 bits per heavy atom. The SMILES string of the molecule is Cc1ccc(S(=O)(=O)N(C)CC(=O)OCC(=O)N(C)C2CCC(C)CC2)cc1. The Kier molecular flexibility index (Phi) is 7.60.